The van der Waals surface area contributed by atoms with Gasteiger partial charge in [-0.2, -0.15) is 0 Å². The van der Waals surface area contributed by atoms with E-state index in [4.69, 9.17) is 23.2 Å². The Morgan fingerprint density at radius 1 is 0.675 bits per heavy atom. The molecule has 0 spiro atoms. The number of carbonyl (C=O) groups excluding carboxylic acids is 2. The van der Waals surface area contributed by atoms with Gasteiger partial charge in [0.15, 0.2) is 0 Å². The molecule has 0 saturated carbocycles. The largest absolute Gasteiger partial charge is 0.633 e. The van der Waals surface area contributed by atoms with Crippen LogP contribution in [0.3, 0.4) is 0 Å². The summed E-state index contributed by atoms with van der Waals surface area (Å²) in [5.74, 6) is -2.76. The van der Waals surface area contributed by atoms with Crippen LogP contribution in [0.15, 0.2) is 12.1 Å². The zero-order valence-corrected chi connectivity index (χ0v) is 24.3. The van der Waals surface area contributed by atoms with E-state index in [0.29, 0.717) is 0 Å². The average Bonchev–Trinajstić information content (AvgIpc) is 2.84. The lowest BCUT2D eigenvalue weighted by molar-refractivity contribution is -0.838. The third-order valence-electron chi connectivity index (χ3n) is 6.59. The van der Waals surface area contributed by atoms with Gasteiger partial charge in [0.2, 0.25) is 11.6 Å². The van der Waals surface area contributed by atoms with E-state index in [9.17, 15) is 40.4 Å². The first-order valence-corrected chi connectivity index (χ1v) is 13.3. The van der Waals surface area contributed by atoms with Gasteiger partial charge in [0.05, 0.1) is 111 Å². The molecule has 0 bridgehead atoms. The molecule has 12 nitrogen and oxygen atoms in total. The molecule has 4 N–H and O–H groups in total. The van der Waals surface area contributed by atoms with E-state index in [-0.39, 0.29) is 71.8 Å². The summed E-state index contributed by atoms with van der Waals surface area (Å²) in [6, 6.07) is 2.16. The minimum absolute atomic E-state index is 0.0153. The van der Waals surface area contributed by atoms with Crippen molar-refractivity contribution in [2.24, 2.45) is 0 Å². The molecule has 0 amide bonds. The van der Waals surface area contributed by atoms with E-state index in [2.05, 4.69) is 0 Å². The summed E-state index contributed by atoms with van der Waals surface area (Å²) in [5.41, 5.74) is -1.40. The Morgan fingerprint density at radius 3 is 1.27 bits per heavy atom. The molecule has 2 aromatic carbocycles. The number of aromatic hydroxyl groups is 2. The van der Waals surface area contributed by atoms with Crippen molar-refractivity contribution in [1.82, 2.24) is 0 Å². The number of aliphatic hydroxyl groups excluding tert-OH is 2. The van der Waals surface area contributed by atoms with E-state index in [0.717, 1.165) is 12.1 Å². The van der Waals surface area contributed by atoms with Crippen molar-refractivity contribution in [3.05, 3.63) is 54.8 Å². The second-order valence-electron chi connectivity index (χ2n) is 10.6. The molecule has 0 atom stereocenters. The number of halogens is 2. The second-order valence-corrected chi connectivity index (χ2v) is 11.4. The Bertz CT molecular complexity index is 1210. The van der Waals surface area contributed by atoms with Crippen LogP contribution >= 0.6 is 23.2 Å². The van der Waals surface area contributed by atoms with Gasteiger partial charge in [0.1, 0.15) is 11.5 Å². The molecular formula is C26H34Cl2N4O8. The molecule has 0 saturated heterocycles. The Morgan fingerprint density at radius 2 is 1.00 bits per heavy atom. The molecule has 14 heteroatoms. The number of nitrogens with zero attached hydrogens (tertiary/aromatic N) is 4. The number of anilines is 2. The van der Waals surface area contributed by atoms with Crippen LogP contribution in [0.4, 0.5) is 11.4 Å². The van der Waals surface area contributed by atoms with Crippen LogP contribution in [-0.4, -0.2) is 122 Å². The summed E-state index contributed by atoms with van der Waals surface area (Å²) in [7, 11) is 5.66. The molecule has 1 aliphatic rings. The van der Waals surface area contributed by atoms with E-state index in [1.54, 1.807) is 0 Å². The van der Waals surface area contributed by atoms with Crippen LogP contribution in [-0.2, 0) is 0 Å². The van der Waals surface area contributed by atoms with Crippen LogP contribution in [0.1, 0.15) is 31.8 Å². The molecule has 220 valence electrons. The number of rotatable bonds is 12. The summed E-state index contributed by atoms with van der Waals surface area (Å²) in [6.45, 7) is -0.883. The zero-order valence-electron chi connectivity index (χ0n) is 22.8. The Balaban J connectivity index is 2.42. The predicted molar refractivity (Wildman–Crippen MR) is 152 cm³/mol. The predicted octanol–water partition coefficient (Wildman–Crippen LogP) is 1.93. The van der Waals surface area contributed by atoms with E-state index in [1.807, 2.05) is 0 Å². The zero-order chi connectivity index (χ0) is 30.2. The van der Waals surface area contributed by atoms with Crippen LogP contribution in [0, 0.1) is 10.4 Å². The van der Waals surface area contributed by atoms with E-state index >= 15 is 0 Å². The number of quaternary nitrogens is 2. The maximum absolute atomic E-state index is 14.1. The summed E-state index contributed by atoms with van der Waals surface area (Å²) in [5, 5.41) is 65.2. The van der Waals surface area contributed by atoms with Gasteiger partial charge in [-0.25, -0.2) is 0 Å². The minimum atomic E-state index is -0.837. The third kappa shape index (κ3) is 6.45. The summed E-state index contributed by atoms with van der Waals surface area (Å²) in [4.78, 5) is 31.1. The molecule has 0 aliphatic heterocycles. The van der Waals surface area contributed by atoms with Gasteiger partial charge in [-0.05, 0) is 12.1 Å². The van der Waals surface area contributed by atoms with Gasteiger partial charge in [0, 0.05) is 13.1 Å². The quantitative estimate of drug-likeness (QED) is 0.137. The minimum Gasteiger partial charge on any atom is -0.633 e. The average molecular weight is 601 g/mol. The molecule has 3 rings (SSSR count). The van der Waals surface area contributed by atoms with Crippen molar-refractivity contribution in [3.63, 3.8) is 0 Å². The van der Waals surface area contributed by atoms with E-state index < -0.39 is 56.7 Å². The van der Waals surface area contributed by atoms with Crippen molar-refractivity contribution < 1.29 is 39.3 Å². The Hall–Kier alpha value is -2.68. The number of aliphatic hydroxyl groups is 2. The lowest BCUT2D eigenvalue weighted by Crippen LogP contribution is -2.43. The standard InChI is InChI=1S/C26H34Cl2N4O8/c1-31(2,39)11-7-29(9-13-33)23-19-20(26(38)18-16(36)6-5-15(35)17(18)25(19)37)24(22(28)21(23)27)30(10-14-34)8-12-32(3,4)40/h5-6,33-36H,7-14H2,1-4H3. The van der Waals surface area contributed by atoms with Crippen molar-refractivity contribution in [2.45, 2.75) is 0 Å². The fraction of sp³-hybridized carbons (Fsp3) is 0.462. The molecule has 0 unspecified atom stereocenters. The number of phenols is 2. The highest BCUT2D eigenvalue weighted by atomic mass is 35.5. The van der Waals surface area contributed by atoms with Gasteiger partial charge in [0.25, 0.3) is 0 Å². The normalized spacial score (nSPS) is 13.3. The molecule has 1 aliphatic carbocycles. The number of fused-ring (bicyclic) bond motifs is 2. The Kier molecular flexibility index (Phi) is 9.59. The first kappa shape index (κ1) is 31.8. The molecular weight excluding hydrogens is 567 g/mol. The molecule has 0 aromatic heterocycles. The monoisotopic (exact) mass is 600 g/mol. The second kappa shape index (κ2) is 12.0. The molecule has 2 aromatic rings. The summed E-state index contributed by atoms with van der Waals surface area (Å²) in [6.07, 6.45) is 0. The SMILES string of the molecule is C[N+](C)([O-])CCN(CCO)c1c(Cl)c(Cl)c(N(CCO)CC[N+](C)(C)[O-])c2c1C(=O)c1c(O)ccc(O)c1C2=O. The van der Waals surface area contributed by atoms with Crippen LogP contribution < -0.4 is 9.80 Å². The summed E-state index contributed by atoms with van der Waals surface area (Å²) < 4.78 is -1.41. The molecule has 0 radical (unpaired) electrons. The number of benzene rings is 2. The first-order valence-electron chi connectivity index (χ1n) is 12.5. The number of hydroxylamine groups is 6. The highest BCUT2D eigenvalue weighted by Gasteiger charge is 2.42. The third-order valence-corrected chi connectivity index (χ3v) is 7.42. The summed E-state index contributed by atoms with van der Waals surface area (Å²) >= 11 is 13.6. The van der Waals surface area contributed by atoms with Crippen molar-refractivity contribution in [1.29, 1.82) is 0 Å². The topological polar surface area (TPSA) is 168 Å². The van der Waals surface area contributed by atoms with Gasteiger partial charge in [-0.3, -0.25) is 9.59 Å². The number of phenolic OH excluding ortho intramolecular Hbond substituents is 2. The van der Waals surface area contributed by atoms with E-state index in [1.165, 1.54) is 38.0 Å². The van der Waals surface area contributed by atoms with Crippen molar-refractivity contribution in [3.8, 4) is 11.5 Å². The highest BCUT2D eigenvalue weighted by molar-refractivity contribution is 6.48. The van der Waals surface area contributed by atoms with Gasteiger partial charge >= 0.3 is 0 Å². The number of hydrogen-bond acceptors (Lipinski definition) is 10. The number of hydrogen-bond donors (Lipinski definition) is 4. The maximum atomic E-state index is 14.1. The fourth-order valence-corrected chi connectivity index (χ4v) is 5.23. The lowest BCUT2D eigenvalue weighted by Gasteiger charge is -2.39. The number of carbonyl (C=O) groups is 2. The maximum Gasteiger partial charge on any atom is 0.200 e. The fourth-order valence-electron chi connectivity index (χ4n) is 4.63. The van der Waals surface area contributed by atoms with Gasteiger partial charge < -0.3 is 49.9 Å². The molecule has 0 fully saturated rings. The lowest BCUT2D eigenvalue weighted by atomic mass is 9.80. The Labute approximate surface area is 242 Å². The van der Waals surface area contributed by atoms with Crippen LogP contribution in [0.5, 0.6) is 11.5 Å². The molecule has 0 heterocycles. The van der Waals surface area contributed by atoms with Crippen molar-refractivity contribution in [2.75, 3.05) is 90.5 Å². The van der Waals surface area contributed by atoms with Crippen molar-refractivity contribution >= 4 is 46.1 Å². The molecule has 40 heavy (non-hydrogen) atoms. The smallest absolute Gasteiger partial charge is 0.200 e. The van der Waals surface area contributed by atoms with Crippen LogP contribution in [0.2, 0.25) is 10.0 Å². The first-order chi connectivity index (χ1) is 18.5. The van der Waals surface area contributed by atoms with Crippen LogP contribution in [0.25, 0.3) is 0 Å². The number of likely N-dealkylation sites (N-methyl/N-ethyl adjacent to an activating group) is 2. The number of ketones is 2. The highest BCUT2D eigenvalue weighted by Crippen LogP contribution is 2.51. The van der Waals surface area contributed by atoms with Gasteiger partial charge in [-0.15, -0.1) is 0 Å². The van der Waals surface area contributed by atoms with Gasteiger partial charge in [-0.1, -0.05) is 23.2 Å².